The third-order valence-electron chi connectivity index (χ3n) is 3.17. The van der Waals surface area contributed by atoms with E-state index in [1.165, 1.54) is 6.33 Å². The van der Waals surface area contributed by atoms with Gasteiger partial charge in [0.2, 0.25) is 0 Å². The van der Waals surface area contributed by atoms with Gasteiger partial charge in [-0.25, -0.2) is 9.97 Å². The van der Waals surface area contributed by atoms with E-state index >= 15 is 0 Å². The lowest BCUT2D eigenvalue weighted by molar-refractivity contribution is 1.07. The van der Waals surface area contributed by atoms with Crippen LogP contribution in [0.5, 0.6) is 0 Å². The number of rotatable bonds is 5. The maximum absolute atomic E-state index is 9.12. The van der Waals surface area contributed by atoms with Gasteiger partial charge in [-0.2, -0.15) is 5.26 Å². The highest BCUT2D eigenvalue weighted by atomic mass is 15.1. The Morgan fingerprint density at radius 3 is 2.74 bits per heavy atom. The van der Waals surface area contributed by atoms with Gasteiger partial charge in [-0.05, 0) is 23.8 Å². The molecule has 0 unspecified atom stereocenters. The molecule has 0 amide bonds. The van der Waals surface area contributed by atoms with E-state index in [1.54, 1.807) is 24.5 Å². The molecule has 23 heavy (non-hydrogen) atoms. The first-order valence-electron chi connectivity index (χ1n) is 7.06. The van der Waals surface area contributed by atoms with E-state index in [4.69, 9.17) is 5.26 Å². The SMILES string of the molecule is N#Cc1ccccc1Nc1cc(NCc2cccnc2)ncn1. The van der Waals surface area contributed by atoms with Crippen LogP contribution in [0.1, 0.15) is 11.1 Å². The maximum atomic E-state index is 9.12. The average molecular weight is 302 g/mol. The van der Waals surface area contributed by atoms with Gasteiger partial charge in [0.15, 0.2) is 0 Å². The Labute approximate surface area is 133 Å². The summed E-state index contributed by atoms with van der Waals surface area (Å²) in [6, 6.07) is 15.1. The number of anilines is 3. The van der Waals surface area contributed by atoms with Crippen LogP contribution >= 0.6 is 0 Å². The number of hydrogen-bond acceptors (Lipinski definition) is 6. The molecule has 0 spiro atoms. The minimum Gasteiger partial charge on any atom is -0.366 e. The van der Waals surface area contributed by atoms with Crippen molar-refractivity contribution >= 4 is 17.3 Å². The fraction of sp³-hybridized carbons (Fsp3) is 0.0588. The summed E-state index contributed by atoms with van der Waals surface area (Å²) in [4.78, 5) is 12.4. The van der Waals surface area contributed by atoms with Crippen molar-refractivity contribution in [3.8, 4) is 6.07 Å². The molecular weight excluding hydrogens is 288 g/mol. The van der Waals surface area contributed by atoms with Gasteiger partial charge in [-0.1, -0.05) is 18.2 Å². The van der Waals surface area contributed by atoms with Crippen molar-refractivity contribution in [2.75, 3.05) is 10.6 Å². The molecule has 6 heteroatoms. The number of nitrogens with zero attached hydrogens (tertiary/aromatic N) is 4. The predicted molar refractivity (Wildman–Crippen MR) is 88.0 cm³/mol. The van der Waals surface area contributed by atoms with Gasteiger partial charge in [-0.3, -0.25) is 4.98 Å². The summed E-state index contributed by atoms with van der Waals surface area (Å²) < 4.78 is 0. The molecule has 112 valence electrons. The van der Waals surface area contributed by atoms with Crippen molar-refractivity contribution in [1.29, 1.82) is 5.26 Å². The lowest BCUT2D eigenvalue weighted by Crippen LogP contribution is -2.03. The van der Waals surface area contributed by atoms with Crippen LogP contribution in [-0.4, -0.2) is 15.0 Å². The molecule has 0 aliphatic carbocycles. The van der Waals surface area contributed by atoms with E-state index in [9.17, 15) is 0 Å². The number of hydrogen-bond donors (Lipinski definition) is 2. The number of benzene rings is 1. The summed E-state index contributed by atoms with van der Waals surface area (Å²) in [5.74, 6) is 1.32. The van der Waals surface area contributed by atoms with Gasteiger partial charge in [0.25, 0.3) is 0 Å². The quantitative estimate of drug-likeness (QED) is 0.753. The number of aromatic nitrogens is 3. The summed E-state index contributed by atoms with van der Waals surface area (Å²) in [6.07, 6.45) is 5.02. The first-order chi connectivity index (χ1) is 11.3. The van der Waals surface area contributed by atoms with E-state index in [0.717, 1.165) is 5.56 Å². The average Bonchev–Trinajstić information content (AvgIpc) is 2.62. The molecule has 0 radical (unpaired) electrons. The van der Waals surface area contributed by atoms with Crippen LogP contribution in [0, 0.1) is 11.3 Å². The zero-order chi connectivity index (χ0) is 15.9. The summed E-state index contributed by atoms with van der Waals surface area (Å²) in [5, 5.41) is 15.5. The minimum atomic E-state index is 0.566. The molecule has 0 fully saturated rings. The largest absolute Gasteiger partial charge is 0.366 e. The van der Waals surface area contributed by atoms with Crippen LogP contribution in [0.4, 0.5) is 17.3 Å². The molecule has 0 bridgehead atoms. The topological polar surface area (TPSA) is 86.5 Å². The lowest BCUT2D eigenvalue weighted by atomic mass is 10.2. The smallest absolute Gasteiger partial charge is 0.135 e. The van der Waals surface area contributed by atoms with Crippen LogP contribution in [-0.2, 0) is 6.54 Å². The summed E-state index contributed by atoms with van der Waals surface area (Å²) >= 11 is 0. The number of pyridine rings is 1. The molecule has 2 N–H and O–H groups in total. The van der Waals surface area contributed by atoms with Crippen LogP contribution in [0.3, 0.4) is 0 Å². The standard InChI is InChI=1S/C17H14N6/c18-9-14-5-1-2-6-15(14)23-17-8-16(21-12-22-17)20-11-13-4-3-7-19-10-13/h1-8,10,12H,11H2,(H2,20,21,22,23). The monoisotopic (exact) mass is 302 g/mol. The Morgan fingerprint density at radius 2 is 1.91 bits per heavy atom. The molecule has 0 saturated carbocycles. The number of para-hydroxylation sites is 1. The van der Waals surface area contributed by atoms with Gasteiger partial charge in [0.1, 0.15) is 24.0 Å². The lowest BCUT2D eigenvalue weighted by Gasteiger charge is -2.09. The fourth-order valence-corrected chi connectivity index (χ4v) is 2.05. The molecule has 0 atom stereocenters. The second-order valence-electron chi connectivity index (χ2n) is 4.79. The van der Waals surface area contributed by atoms with Gasteiger partial charge in [0.05, 0.1) is 11.3 Å². The molecule has 0 saturated heterocycles. The highest BCUT2D eigenvalue weighted by Crippen LogP contribution is 2.19. The second kappa shape index (κ2) is 7.00. The van der Waals surface area contributed by atoms with Crippen LogP contribution in [0.25, 0.3) is 0 Å². The zero-order valence-electron chi connectivity index (χ0n) is 12.3. The van der Waals surface area contributed by atoms with Gasteiger partial charge in [-0.15, -0.1) is 0 Å². The van der Waals surface area contributed by atoms with Crippen molar-refractivity contribution in [3.05, 3.63) is 72.3 Å². The second-order valence-corrected chi connectivity index (χ2v) is 4.79. The molecule has 0 aliphatic rings. The summed E-state index contributed by atoms with van der Waals surface area (Å²) in [7, 11) is 0. The number of nitriles is 1. The summed E-state index contributed by atoms with van der Waals surface area (Å²) in [5.41, 5.74) is 2.35. The van der Waals surface area contributed by atoms with Crippen LogP contribution in [0.2, 0.25) is 0 Å². The molecule has 6 nitrogen and oxygen atoms in total. The highest BCUT2D eigenvalue weighted by molar-refractivity contribution is 5.65. The molecular formula is C17H14N6. The Hall–Kier alpha value is -3.46. The van der Waals surface area contributed by atoms with Gasteiger partial charge >= 0.3 is 0 Å². The zero-order valence-corrected chi connectivity index (χ0v) is 12.3. The first-order valence-corrected chi connectivity index (χ1v) is 7.06. The van der Waals surface area contributed by atoms with E-state index in [1.807, 2.05) is 30.3 Å². The van der Waals surface area contributed by atoms with E-state index < -0.39 is 0 Å². The summed E-state index contributed by atoms with van der Waals surface area (Å²) in [6.45, 7) is 0.624. The Morgan fingerprint density at radius 1 is 1.04 bits per heavy atom. The van der Waals surface area contributed by atoms with Crippen LogP contribution < -0.4 is 10.6 Å². The molecule has 2 aromatic heterocycles. The van der Waals surface area contributed by atoms with Crippen LogP contribution in [0.15, 0.2) is 61.2 Å². The Kier molecular flexibility index (Phi) is 4.41. The normalized spacial score (nSPS) is 9.87. The minimum absolute atomic E-state index is 0.566. The van der Waals surface area contributed by atoms with E-state index in [2.05, 4.69) is 31.7 Å². The maximum Gasteiger partial charge on any atom is 0.135 e. The molecule has 2 heterocycles. The Balaban J connectivity index is 1.71. The van der Waals surface area contributed by atoms with Crippen molar-refractivity contribution in [1.82, 2.24) is 15.0 Å². The highest BCUT2D eigenvalue weighted by Gasteiger charge is 2.03. The van der Waals surface area contributed by atoms with Crippen molar-refractivity contribution in [3.63, 3.8) is 0 Å². The molecule has 1 aromatic carbocycles. The van der Waals surface area contributed by atoms with E-state index in [-0.39, 0.29) is 0 Å². The first kappa shape index (κ1) is 14.5. The molecule has 0 aliphatic heterocycles. The predicted octanol–water partition coefficient (Wildman–Crippen LogP) is 3.10. The van der Waals surface area contributed by atoms with Gasteiger partial charge < -0.3 is 10.6 Å². The Bertz CT molecular complexity index is 826. The van der Waals surface area contributed by atoms with Crippen molar-refractivity contribution in [2.45, 2.75) is 6.54 Å². The van der Waals surface area contributed by atoms with Gasteiger partial charge in [0, 0.05) is 25.0 Å². The third kappa shape index (κ3) is 3.80. The van der Waals surface area contributed by atoms with Crippen molar-refractivity contribution in [2.24, 2.45) is 0 Å². The van der Waals surface area contributed by atoms with Crippen molar-refractivity contribution < 1.29 is 0 Å². The molecule has 3 aromatic rings. The van der Waals surface area contributed by atoms with E-state index in [0.29, 0.717) is 29.4 Å². The third-order valence-corrected chi connectivity index (χ3v) is 3.17. The molecule has 3 rings (SSSR count). The number of nitrogens with one attached hydrogen (secondary N) is 2. The fourth-order valence-electron chi connectivity index (χ4n) is 2.05.